The van der Waals surface area contributed by atoms with Gasteiger partial charge in [-0.2, -0.15) is 0 Å². The Morgan fingerprint density at radius 1 is 0.780 bits per heavy atom. The largest absolute Gasteiger partial charge is 0.494 e. The van der Waals surface area contributed by atoms with Gasteiger partial charge in [0.1, 0.15) is 23.1 Å². The van der Waals surface area contributed by atoms with Crippen molar-refractivity contribution in [2.45, 2.75) is 51.0 Å². The lowest BCUT2D eigenvalue weighted by Crippen LogP contribution is -2.55. The molecule has 8 heteroatoms. The first-order valence-electron chi connectivity index (χ1n) is 14.2. The van der Waals surface area contributed by atoms with Gasteiger partial charge in [0.25, 0.3) is 5.91 Å². The van der Waals surface area contributed by atoms with Crippen LogP contribution in [-0.2, 0) is 11.2 Å². The number of hydrogen-bond donors (Lipinski definition) is 1. The summed E-state index contributed by atoms with van der Waals surface area (Å²) in [6, 6.07) is 19.1. The fourth-order valence-corrected chi connectivity index (χ4v) is 4.45. The molecule has 220 valence electrons. The smallest absolute Gasteiger partial charge is 0.343 e. The van der Waals surface area contributed by atoms with E-state index in [9.17, 15) is 18.4 Å². The van der Waals surface area contributed by atoms with Crippen LogP contribution in [0.1, 0.15) is 54.4 Å². The summed E-state index contributed by atoms with van der Waals surface area (Å²) in [5, 5.41) is 3.13. The summed E-state index contributed by atoms with van der Waals surface area (Å²) in [5.41, 5.74) is 0.976. The number of likely N-dealkylation sites (N-methyl/N-ethyl adjacent to an activating group) is 1. The number of benzene rings is 3. The minimum Gasteiger partial charge on any atom is -0.494 e. The Kier molecular flexibility index (Phi) is 12.3. The van der Waals surface area contributed by atoms with Gasteiger partial charge >= 0.3 is 5.97 Å². The number of carbonyl (C=O) groups is 2. The number of hydrogen-bond acceptors (Lipinski definition) is 4. The Bertz CT molecular complexity index is 1220. The summed E-state index contributed by atoms with van der Waals surface area (Å²) in [4.78, 5) is 25.0. The van der Waals surface area contributed by atoms with Crippen molar-refractivity contribution in [2.24, 2.45) is 0 Å². The van der Waals surface area contributed by atoms with E-state index < -0.39 is 17.6 Å². The van der Waals surface area contributed by atoms with Crippen LogP contribution < -0.4 is 14.8 Å². The summed E-state index contributed by atoms with van der Waals surface area (Å²) < 4.78 is 38.1. The molecule has 0 saturated heterocycles. The van der Waals surface area contributed by atoms with Crippen LogP contribution in [0.15, 0.2) is 72.8 Å². The van der Waals surface area contributed by atoms with Crippen molar-refractivity contribution in [1.82, 2.24) is 5.32 Å². The van der Waals surface area contributed by atoms with Crippen LogP contribution in [0.3, 0.4) is 0 Å². The summed E-state index contributed by atoms with van der Waals surface area (Å²) in [5.74, 6) is -1.51. The highest BCUT2D eigenvalue weighted by Crippen LogP contribution is 2.20. The molecule has 0 heterocycles. The molecule has 0 aliphatic rings. The van der Waals surface area contributed by atoms with Crippen LogP contribution in [0.5, 0.6) is 11.5 Å². The van der Waals surface area contributed by atoms with Crippen molar-refractivity contribution in [1.29, 1.82) is 0 Å². The van der Waals surface area contributed by atoms with Gasteiger partial charge in [-0.05, 0) is 54.8 Å². The number of rotatable bonds is 16. The maximum Gasteiger partial charge on any atom is 0.343 e. The molecule has 1 unspecified atom stereocenters. The zero-order chi connectivity index (χ0) is 29.7. The van der Waals surface area contributed by atoms with Crippen molar-refractivity contribution in [3.05, 3.63) is 95.6 Å². The molecule has 0 spiro atoms. The highest BCUT2D eigenvalue weighted by atomic mass is 19.1. The van der Waals surface area contributed by atoms with Gasteiger partial charge in [0.05, 0.1) is 33.3 Å². The minimum absolute atomic E-state index is 0.103. The second-order valence-corrected chi connectivity index (χ2v) is 11.1. The fraction of sp³-hybridized carbons (Fsp3) is 0.394. The maximum atomic E-state index is 13.3. The molecule has 0 fully saturated rings. The second kappa shape index (κ2) is 15.9. The summed E-state index contributed by atoms with van der Waals surface area (Å²) in [6.07, 6.45) is 6.92. The average Bonchev–Trinajstić information content (AvgIpc) is 2.93. The Morgan fingerprint density at radius 3 is 2.00 bits per heavy atom. The molecule has 0 radical (unpaired) electrons. The molecule has 0 aromatic heterocycles. The molecular weight excluding hydrogens is 526 g/mol. The highest BCUT2D eigenvalue weighted by Gasteiger charge is 2.31. The van der Waals surface area contributed by atoms with Crippen LogP contribution in [0, 0.1) is 11.6 Å². The Hall–Kier alpha value is -3.78. The van der Waals surface area contributed by atoms with Gasteiger partial charge in [0, 0.05) is 19.0 Å². The number of halogens is 2. The van der Waals surface area contributed by atoms with Crippen molar-refractivity contribution in [3.8, 4) is 11.5 Å². The standard InChI is InChI=1S/C33H40F2N2O4/c1-37(2,3)31(21-25-13-9-8-10-14-25)32(38)36-19-11-6-4-5-7-12-20-40-29-15-17-30(18-16-29)41-33(39)26-22-27(34)24-28(35)23-26/h8-10,13-18,22-24,31H,4-7,11-12,19-21H2,1-3H3/p+1. The lowest BCUT2D eigenvalue weighted by molar-refractivity contribution is -0.886. The fourth-order valence-electron chi connectivity index (χ4n) is 4.45. The highest BCUT2D eigenvalue weighted by molar-refractivity contribution is 5.91. The van der Waals surface area contributed by atoms with Gasteiger partial charge in [-0.3, -0.25) is 4.79 Å². The third-order valence-corrected chi connectivity index (χ3v) is 6.78. The third kappa shape index (κ3) is 11.3. The van der Waals surface area contributed by atoms with E-state index in [1.54, 1.807) is 24.3 Å². The first kappa shape index (κ1) is 31.7. The Labute approximate surface area is 241 Å². The van der Waals surface area contributed by atoms with Gasteiger partial charge in [-0.25, -0.2) is 13.6 Å². The first-order valence-corrected chi connectivity index (χ1v) is 14.2. The van der Waals surface area contributed by atoms with Crippen molar-refractivity contribution < 1.29 is 32.3 Å². The predicted molar refractivity (Wildman–Crippen MR) is 156 cm³/mol. The van der Waals surface area contributed by atoms with Gasteiger partial charge in [0.2, 0.25) is 0 Å². The van der Waals surface area contributed by atoms with Crippen LogP contribution in [0.4, 0.5) is 8.78 Å². The van der Waals surface area contributed by atoms with E-state index in [4.69, 9.17) is 9.47 Å². The molecule has 3 aromatic rings. The topological polar surface area (TPSA) is 64.6 Å². The zero-order valence-electron chi connectivity index (χ0n) is 24.2. The molecule has 0 bridgehead atoms. The molecule has 41 heavy (non-hydrogen) atoms. The summed E-state index contributed by atoms with van der Waals surface area (Å²) >= 11 is 0. The molecule has 3 aromatic carbocycles. The number of ether oxygens (including phenoxy) is 2. The lowest BCUT2D eigenvalue weighted by atomic mass is 10.0. The molecule has 1 atom stereocenters. The number of nitrogens with zero attached hydrogens (tertiary/aromatic N) is 1. The Morgan fingerprint density at radius 2 is 1.37 bits per heavy atom. The molecule has 0 aliphatic heterocycles. The van der Waals surface area contributed by atoms with Gasteiger partial charge in [-0.15, -0.1) is 0 Å². The van der Waals surface area contributed by atoms with E-state index in [-0.39, 0.29) is 23.3 Å². The SMILES string of the molecule is C[N+](C)(C)C(Cc1ccccc1)C(=O)NCCCCCCCCOc1ccc(OC(=O)c2cc(F)cc(F)c2)cc1. The van der Waals surface area contributed by atoms with E-state index in [0.29, 0.717) is 35.9 Å². The number of nitrogens with one attached hydrogen (secondary N) is 1. The zero-order valence-corrected chi connectivity index (χ0v) is 24.2. The third-order valence-electron chi connectivity index (χ3n) is 6.78. The number of esters is 1. The summed E-state index contributed by atoms with van der Waals surface area (Å²) in [6.45, 7) is 1.27. The van der Waals surface area contributed by atoms with E-state index in [1.807, 2.05) is 18.2 Å². The minimum atomic E-state index is -0.840. The van der Waals surface area contributed by atoms with Crippen molar-refractivity contribution in [3.63, 3.8) is 0 Å². The van der Waals surface area contributed by atoms with E-state index >= 15 is 0 Å². The maximum absolute atomic E-state index is 13.3. The van der Waals surface area contributed by atoms with E-state index in [1.165, 1.54) is 5.56 Å². The van der Waals surface area contributed by atoms with Crippen LogP contribution in [0.2, 0.25) is 0 Å². The normalized spacial score (nSPS) is 12.0. The number of carbonyl (C=O) groups excluding carboxylic acids is 2. The number of unbranched alkanes of at least 4 members (excludes halogenated alkanes) is 5. The second-order valence-electron chi connectivity index (χ2n) is 11.1. The molecule has 1 N–H and O–H groups in total. The van der Waals surface area contributed by atoms with Crippen LogP contribution in [0.25, 0.3) is 0 Å². The van der Waals surface area contributed by atoms with Crippen LogP contribution in [-0.4, -0.2) is 56.7 Å². The Balaban J connectivity index is 1.25. The molecule has 0 saturated carbocycles. The molecule has 0 aliphatic carbocycles. The van der Waals surface area contributed by atoms with Crippen molar-refractivity contribution >= 4 is 11.9 Å². The van der Waals surface area contributed by atoms with Gasteiger partial charge in [0.15, 0.2) is 6.04 Å². The van der Waals surface area contributed by atoms with E-state index in [0.717, 1.165) is 50.7 Å². The number of amides is 1. The molecule has 6 nitrogen and oxygen atoms in total. The van der Waals surface area contributed by atoms with Crippen LogP contribution >= 0.6 is 0 Å². The van der Waals surface area contributed by atoms with E-state index in [2.05, 4.69) is 38.6 Å². The summed E-state index contributed by atoms with van der Waals surface area (Å²) in [7, 11) is 6.18. The monoisotopic (exact) mass is 567 g/mol. The lowest BCUT2D eigenvalue weighted by Gasteiger charge is -2.33. The van der Waals surface area contributed by atoms with Gasteiger partial charge < -0.3 is 19.3 Å². The van der Waals surface area contributed by atoms with Gasteiger partial charge in [-0.1, -0.05) is 56.0 Å². The quantitative estimate of drug-likeness (QED) is 0.0950. The average molecular weight is 568 g/mol. The molecular formula is C33H41F2N2O4+. The molecule has 1 amide bonds. The molecule has 3 rings (SSSR count). The first-order chi connectivity index (χ1) is 19.6. The predicted octanol–water partition coefficient (Wildman–Crippen LogP) is 6.34. The number of quaternary nitrogens is 1. The van der Waals surface area contributed by atoms with Crippen molar-refractivity contribution in [2.75, 3.05) is 34.3 Å².